The summed E-state index contributed by atoms with van der Waals surface area (Å²) in [6.07, 6.45) is -1.43. The van der Waals surface area contributed by atoms with Gasteiger partial charge in [-0.25, -0.2) is 0 Å². The number of anilines is 1. The fourth-order valence-electron chi connectivity index (χ4n) is 2.08. The Morgan fingerprint density at radius 2 is 1.70 bits per heavy atom. The van der Waals surface area contributed by atoms with Crippen molar-refractivity contribution in [2.75, 3.05) is 5.32 Å². The van der Waals surface area contributed by atoms with Crippen molar-refractivity contribution >= 4 is 22.6 Å². The molecule has 1 heterocycles. The van der Waals surface area contributed by atoms with Gasteiger partial charge in [-0.1, -0.05) is 6.07 Å². The van der Waals surface area contributed by atoms with Gasteiger partial charge in [0.05, 0.1) is 16.6 Å². The van der Waals surface area contributed by atoms with Crippen molar-refractivity contribution in [1.29, 1.82) is 0 Å². The Morgan fingerprint density at radius 3 is 2.43 bits per heavy atom. The molecule has 1 aromatic heterocycles. The number of hydrogen-bond donors (Lipinski definition) is 1. The summed E-state index contributed by atoms with van der Waals surface area (Å²) in [6, 6.07) is 9.17. The molecule has 2 aromatic carbocycles. The summed E-state index contributed by atoms with van der Waals surface area (Å²) < 4.78 is 38.0. The van der Waals surface area contributed by atoms with Crippen molar-refractivity contribution in [2.24, 2.45) is 0 Å². The van der Waals surface area contributed by atoms with Crippen molar-refractivity contribution in [3.63, 3.8) is 0 Å². The third kappa shape index (κ3) is 3.28. The SMILES string of the molecule is O=C(Nc1cccc(C(F)(F)F)c1)c1ccc2nccnc2c1. The van der Waals surface area contributed by atoms with Crippen LogP contribution in [0.3, 0.4) is 0 Å². The van der Waals surface area contributed by atoms with Gasteiger partial charge >= 0.3 is 6.18 Å². The zero-order chi connectivity index (χ0) is 16.4. The van der Waals surface area contributed by atoms with Crippen molar-refractivity contribution in [1.82, 2.24) is 9.97 Å². The molecule has 1 N–H and O–H groups in total. The van der Waals surface area contributed by atoms with E-state index in [1.54, 1.807) is 12.1 Å². The second-order valence-electron chi connectivity index (χ2n) is 4.79. The monoisotopic (exact) mass is 317 g/mol. The average molecular weight is 317 g/mol. The van der Waals surface area contributed by atoms with Gasteiger partial charge in [-0.15, -0.1) is 0 Å². The Bertz CT molecular complexity index is 878. The Labute approximate surface area is 129 Å². The van der Waals surface area contributed by atoms with Crippen LogP contribution in [-0.4, -0.2) is 15.9 Å². The van der Waals surface area contributed by atoms with E-state index in [2.05, 4.69) is 15.3 Å². The van der Waals surface area contributed by atoms with E-state index in [0.29, 0.717) is 11.0 Å². The molecule has 1 amide bonds. The maximum atomic E-state index is 12.7. The molecule has 7 heteroatoms. The maximum Gasteiger partial charge on any atom is 0.416 e. The van der Waals surface area contributed by atoms with E-state index in [9.17, 15) is 18.0 Å². The Hall–Kier alpha value is -2.96. The lowest BCUT2D eigenvalue weighted by Gasteiger charge is -2.10. The van der Waals surface area contributed by atoms with E-state index < -0.39 is 17.6 Å². The number of nitrogens with zero attached hydrogens (tertiary/aromatic N) is 2. The van der Waals surface area contributed by atoms with E-state index in [0.717, 1.165) is 12.1 Å². The lowest BCUT2D eigenvalue weighted by Crippen LogP contribution is -2.13. The lowest BCUT2D eigenvalue weighted by molar-refractivity contribution is -0.137. The van der Waals surface area contributed by atoms with Crippen molar-refractivity contribution < 1.29 is 18.0 Å². The smallest absolute Gasteiger partial charge is 0.322 e. The van der Waals surface area contributed by atoms with Crippen LogP contribution in [0.25, 0.3) is 11.0 Å². The maximum absolute atomic E-state index is 12.7. The molecular formula is C16H10F3N3O. The second-order valence-corrected chi connectivity index (χ2v) is 4.79. The fourth-order valence-corrected chi connectivity index (χ4v) is 2.08. The van der Waals surface area contributed by atoms with Crippen molar-refractivity contribution in [3.05, 3.63) is 66.0 Å². The molecule has 0 aliphatic rings. The number of carbonyl (C=O) groups is 1. The van der Waals surface area contributed by atoms with E-state index in [4.69, 9.17) is 0 Å². The van der Waals surface area contributed by atoms with Crippen LogP contribution in [0.4, 0.5) is 18.9 Å². The van der Waals surface area contributed by atoms with E-state index in [1.165, 1.54) is 30.6 Å². The van der Waals surface area contributed by atoms with Gasteiger partial charge < -0.3 is 5.32 Å². The molecule has 0 unspecified atom stereocenters. The minimum Gasteiger partial charge on any atom is -0.322 e. The molecule has 23 heavy (non-hydrogen) atoms. The highest BCUT2D eigenvalue weighted by Crippen LogP contribution is 2.30. The van der Waals surface area contributed by atoms with Gasteiger partial charge in [0.2, 0.25) is 0 Å². The molecule has 0 aliphatic heterocycles. The predicted molar refractivity (Wildman–Crippen MR) is 78.9 cm³/mol. The van der Waals surface area contributed by atoms with E-state index in [1.807, 2.05) is 0 Å². The van der Waals surface area contributed by atoms with Crippen LogP contribution in [0.5, 0.6) is 0 Å². The zero-order valence-electron chi connectivity index (χ0n) is 11.6. The number of rotatable bonds is 2. The van der Waals surface area contributed by atoms with Gasteiger partial charge in [0.15, 0.2) is 0 Å². The number of hydrogen-bond acceptors (Lipinski definition) is 3. The van der Waals surface area contributed by atoms with Crippen LogP contribution in [-0.2, 0) is 6.18 Å². The highest BCUT2D eigenvalue weighted by Gasteiger charge is 2.30. The van der Waals surface area contributed by atoms with Crippen LogP contribution in [0.1, 0.15) is 15.9 Å². The van der Waals surface area contributed by atoms with Crippen LogP contribution in [0.2, 0.25) is 0 Å². The summed E-state index contributed by atoms with van der Waals surface area (Å²) >= 11 is 0. The first-order chi connectivity index (χ1) is 10.9. The Balaban J connectivity index is 1.86. The molecule has 0 bridgehead atoms. The highest BCUT2D eigenvalue weighted by molar-refractivity contribution is 6.05. The molecule has 3 rings (SSSR count). The summed E-state index contributed by atoms with van der Waals surface area (Å²) in [4.78, 5) is 20.3. The van der Waals surface area contributed by atoms with Crippen LogP contribution >= 0.6 is 0 Å². The summed E-state index contributed by atoms with van der Waals surface area (Å²) in [7, 11) is 0. The third-order valence-electron chi connectivity index (χ3n) is 3.18. The molecule has 0 fully saturated rings. The Kier molecular flexibility index (Phi) is 3.69. The topological polar surface area (TPSA) is 54.9 Å². The Morgan fingerprint density at radius 1 is 0.957 bits per heavy atom. The number of amides is 1. The first-order valence-corrected chi connectivity index (χ1v) is 6.63. The standard InChI is InChI=1S/C16H10F3N3O/c17-16(18,19)11-2-1-3-12(9-11)22-15(23)10-4-5-13-14(8-10)21-7-6-20-13/h1-9H,(H,22,23). The highest BCUT2D eigenvalue weighted by atomic mass is 19.4. The minimum atomic E-state index is -4.46. The zero-order valence-corrected chi connectivity index (χ0v) is 11.6. The van der Waals surface area contributed by atoms with Crippen LogP contribution < -0.4 is 5.32 Å². The quantitative estimate of drug-likeness (QED) is 0.780. The van der Waals surface area contributed by atoms with E-state index in [-0.39, 0.29) is 11.3 Å². The molecule has 0 atom stereocenters. The molecule has 0 aliphatic carbocycles. The van der Waals surface area contributed by atoms with Gasteiger partial charge in [-0.3, -0.25) is 14.8 Å². The fraction of sp³-hybridized carbons (Fsp3) is 0.0625. The molecule has 4 nitrogen and oxygen atoms in total. The number of halogens is 3. The number of alkyl halides is 3. The summed E-state index contributed by atoms with van der Waals surface area (Å²) in [5, 5.41) is 2.45. The molecule has 0 saturated carbocycles. The van der Waals surface area contributed by atoms with Gasteiger partial charge in [0, 0.05) is 23.6 Å². The molecule has 0 spiro atoms. The predicted octanol–water partition coefficient (Wildman–Crippen LogP) is 3.90. The molecule has 3 aromatic rings. The average Bonchev–Trinajstić information content (AvgIpc) is 2.54. The van der Waals surface area contributed by atoms with Crippen molar-refractivity contribution in [3.8, 4) is 0 Å². The number of carbonyl (C=O) groups excluding carboxylic acids is 1. The number of benzene rings is 2. The third-order valence-corrected chi connectivity index (χ3v) is 3.18. The van der Waals surface area contributed by atoms with Crippen LogP contribution in [0.15, 0.2) is 54.9 Å². The summed E-state index contributed by atoms with van der Waals surface area (Å²) in [5.74, 6) is -0.517. The summed E-state index contributed by atoms with van der Waals surface area (Å²) in [6.45, 7) is 0. The number of aromatic nitrogens is 2. The number of fused-ring (bicyclic) bond motifs is 1. The number of nitrogens with one attached hydrogen (secondary N) is 1. The molecule has 0 radical (unpaired) electrons. The van der Waals surface area contributed by atoms with Crippen molar-refractivity contribution in [2.45, 2.75) is 6.18 Å². The largest absolute Gasteiger partial charge is 0.416 e. The summed E-state index contributed by atoms with van der Waals surface area (Å²) in [5.41, 5.74) is 0.700. The molecular weight excluding hydrogens is 307 g/mol. The van der Waals surface area contributed by atoms with Gasteiger partial charge in [0.25, 0.3) is 5.91 Å². The van der Waals surface area contributed by atoms with Crippen LogP contribution in [0, 0.1) is 0 Å². The first kappa shape index (κ1) is 15.0. The minimum absolute atomic E-state index is 0.0732. The van der Waals surface area contributed by atoms with Gasteiger partial charge in [-0.2, -0.15) is 13.2 Å². The van der Waals surface area contributed by atoms with E-state index >= 15 is 0 Å². The van der Waals surface area contributed by atoms with Gasteiger partial charge in [0.1, 0.15) is 0 Å². The second kappa shape index (κ2) is 5.68. The first-order valence-electron chi connectivity index (χ1n) is 6.63. The molecule has 0 saturated heterocycles. The normalized spacial score (nSPS) is 11.4. The lowest BCUT2D eigenvalue weighted by atomic mass is 10.1. The van der Waals surface area contributed by atoms with Gasteiger partial charge in [-0.05, 0) is 36.4 Å². The molecule has 116 valence electrons.